The molecular formula is C12H18Br2N2O3S2. The molecule has 0 spiro atoms. The maximum atomic E-state index is 12.9. The number of rotatable bonds is 7. The molecular weight excluding hydrogens is 444 g/mol. The van der Waals surface area contributed by atoms with Gasteiger partial charge in [0, 0.05) is 26.2 Å². The predicted octanol–water partition coefficient (Wildman–Crippen LogP) is 2.66. The summed E-state index contributed by atoms with van der Waals surface area (Å²) in [6.45, 7) is 2.17. The standard InChI is InChI=1S/C12H18Br2N2O3S2/c1-19-6-5-16(8-9-3-2-4-15-9)21(17,18)10-7-11(13)20-12(10)14/h7,9,15H,2-6,8H2,1H3. The van der Waals surface area contributed by atoms with Gasteiger partial charge < -0.3 is 10.1 Å². The molecule has 1 aliphatic rings. The first-order chi connectivity index (χ1) is 9.95. The molecule has 1 saturated heterocycles. The van der Waals surface area contributed by atoms with Gasteiger partial charge in [-0.25, -0.2) is 8.42 Å². The minimum Gasteiger partial charge on any atom is -0.383 e. The van der Waals surface area contributed by atoms with Gasteiger partial charge in [-0.2, -0.15) is 4.31 Å². The van der Waals surface area contributed by atoms with Crippen LogP contribution in [0.25, 0.3) is 0 Å². The first-order valence-electron chi connectivity index (χ1n) is 6.62. The summed E-state index contributed by atoms with van der Waals surface area (Å²) in [5.74, 6) is 0. The molecule has 2 rings (SSSR count). The van der Waals surface area contributed by atoms with Crippen molar-refractivity contribution >= 4 is 53.2 Å². The van der Waals surface area contributed by atoms with Crippen LogP contribution in [0, 0.1) is 0 Å². The first-order valence-corrected chi connectivity index (χ1v) is 10.5. The Kier molecular flexibility index (Phi) is 6.67. The number of halogens is 2. The largest absolute Gasteiger partial charge is 0.383 e. The van der Waals surface area contributed by atoms with E-state index in [9.17, 15) is 8.42 Å². The fraction of sp³-hybridized carbons (Fsp3) is 0.667. The number of hydrogen-bond acceptors (Lipinski definition) is 5. The second-order valence-corrected chi connectivity index (χ2v) is 10.5. The number of nitrogens with zero attached hydrogens (tertiary/aromatic N) is 1. The average Bonchev–Trinajstić information content (AvgIpc) is 3.04. The third kappa shape index (κ3) is 4.49. The van der Waals surface area contributed by atoms with Crippen molar-refractivity contribution in [2.75, 3.05) is 33.4 Å². The third-order valence-corrected chi connectivity index (χ3v) is 7.99. The van der Waals surface area contributed by atoms with E-state index in [0.29, 0.717) is 28.4 Å². The van der Waals surface area contributed by atoms with Crippen molar-refractivity contribution in [3.8, 4) is 0 Å². The Balaban J connectivity index is 2.22. The van der Waals surface area contributed by atoms with E-state index in [0.717, 1.165) is 23.2 Å². The van der Waals surface area contributed by atoms with Gasteiger partial charge in [-0.3, -0.25) is 0 Å². The molecule has 0 saturated carbocycles. The van der Waals surface area contributed by atoms with Crippen LogP contribution in [-0.2, 0) is 14.8 Å². The molecule has 0 radical (unpaired) electrons. The van der Waals surface area contributed by atoms with Crippen molar-refractivity contribution in [2.24, 2.45) is 0 Å². The van der Waals surface area contributed by atoms with Crippen LogP contribution in [0.15, 0.2) is 18.5 Å². The molecule has 0 bridgehead atoms. The van der Waals surface area contributed by atoms with E-state index in [4.69, 9.17) is 4.74 Å². The van der Waals surface area contributed by atoms with Crippen molar-refractivity contribution < 1.29 is 13.2 Å². The molecule has 0 amide bonds. The Labute approximate surface area is 146 Å². The Hall–Kier alpha value is 0.490. The molecule has 1 N–H and O–H groups in total. The van der Waals surface area contributed by atoms with E-state index in [1.54, 1.807) is 13.2 Å². The van der Waals surface area contributed by atoms with E-state index >= 15 is 0 Å². The molecule has 1 aliphatic heterocycles. The minimum atomic E-state index is -3.52. The van der Waals surface area contributed by atoms with Crippen LogP contribution in [0.4, 0.5) is 0 Å². The van der Waals surface area contributed by atoms with Gasteiger partial charge in [-0.05, 0) is 57.3 Å². The second kappa shape index (κ2) is 7.85. The summed E-state index contributed by atoms with van der Waals surface area (Å²) < 4.78 is 33.7. The fourth-order valence-corrected chi connectivity index (χ4v) is 7.53. The summed E-state index contributed by atoms with van der Waals surface area (Å²) >= 11 is 8.03. The highest BCUT2D eigenvalue weighted by Gasteiger charge is 2.30. The molecule has 2 heterocycles. The maximum absolute atomic E-state index is 12.9. The number of hydrogen-bond donors (Lipinski definition) is 1. The molecule has 1 unspecified atom stereocenters. The topological polar surface area (TPSA) is 58.6 Å². The van der Waals surface area contributed by atoms with Crippen LogP contribution in [0.2, 0.25) is 0 Å². The van der Waals surface area contributed by atoms with Crippen molar-refractivity contribution in [2.45, 2.75) is 23.8 Å². The van der Waals surface area contributed by atoms with Gasteiger partial charge >= 0.3 is 0 Å². The summed E-state index contributed by atoms with van der Waals surface area (Å²) in [6, 6.07) is 1.86. The highest BCUT2D eigenvalue weighted by atomic mass is 79.9. The minimum absolute atomic E-state index is 0.220. The highest BCUT2D eigenvalue weighted by molar-refractivity contribution is 9.12. The lowest BCUT2D eigenvalue weighted by Crippen LogP contribution is -2.42. The van der Waals surface area contributed by atoms with Crippen molar-refractivity contribution in [3.63, 3.8) is 0 Å². The summed E-state index contributed by atoms with van der Waals surface area (Å²) in [6.07, 6.45) is 2.10. The molecule has 1 fully saturated rings. The highest BCUT2D eigenvalue weighted by Crippen LogP contribution is 2.36. The number of methoxy groups -OCH3 is 1. The van der Waals surface area contributed by atoms with E-state index in [-0.39, 0.29) is 6.04 Å². The number of sulfonamides is 1. The number of ether oxygens (including phenoxy) is 1. The monoisotopic (exact) mass is 460 g/mol. The van der Waals surface area contributed by atoms with Gasteiger partial charge in [0.1, 0.15) is 4.90 Å². The number of nitrogens with one attached hydrogen (secondary N) is 1. The molecule has 5 nitrogen and oxygen atoms in total. The second-order valence-electron chi connectivity index (χ2n) is 4.84. The smallest absolute Gasteiger partial charge is 0.245 e. The third-order valence-electron chi connectivity index (χ3n) is 3.37. The summed E-state index contributed by atoms with van der Waals surface area (Å²) in [5, 5.41) is 3.34. The molecule has 1 aromatic heterocycles. The van der Waals surface area contributed by atoms with E-state index in [2.05, 4.69) is 37.2 Å². The zero-order valence-corrected chi connectivity index (χ0v) is 16.4. The van der Waals surface area contributed by atoms with Crippen molar-refractivity contribution in [3.05, 3.63) is 13.6 Å². The van der Waals surface area contributed by atoms with Crippen LogP contribution in [-0.4, -0.2) is 52.1 Å². The predicted molar refractivity (Wildman–Crippen MR) is 91.4 cm³/mol. The lowest BCUT2D eigenvalue weighted by Gasteiger charge is -2.24. The lowest BCUT2D eigenvalue weighted by atomic mass is 10.2. The van der Waals surface area contributed by atoms with Gasteiger partial charge in [0.05, 0.1) is 14.2 Å². The van der Waals surface area contributed by atoms with Crippen LogP contribution in [0.5, 0.6) is 0 Å². The molecule has 1 atom stereocenters. The van der Waals surface area contributed by atoms with Gasteiger partial charge in [0.25, 0.3) is 0 Å². The maximum Gasteiger partial charge on any atom is 0.245 e. The van der Waals surface area contributed by atoms with Crippen molar-refractivity contribution in [1.82, 2.24) is 9.62 Å². The Morgan fingerprint density at radius 1 is 1.52 bits per heavy atom. The first kappa shape index (κ1) is 17.8. The molecule has 120 valence electrons. The van der Waals surface area contributed by atoms with Crippen molar-refractivity contribution in [1.29, 1.82) is 0 Å². The molecule has 1 aromatic rings. The normalized spacial score (nSPS) is 19.5. The molecule has 0 aromatic carbocycles. The van der Waals surface area contributed by atoms with Gasteiger partial charge in [0.2, 0.25) is 10.0 Å². The molecule has 0 aliphatic carbocycles. The Bertz CT molecular complexity index is 571. The number of thiophene rings is 1. The molecule has 21 heavy (non-hydrogen) atoms. The Morgan fingerprint density at radius 3 is 2.81 bits per heavy atom. The lowest BCUT2D eigenvalue weighted by molar-refractivity contribution is 0.176. The van der Waals surface area contributed by atoms with Gasteiger partial charge in [-0.1, -0.05) is 0 Å². The van der Waals surface area contributed by atoms with Crippen LogP contribution in [0.1, 0.15) is 12.8 Å². The Morgan fingerprint density at radius 2 is 2.29 bits per heavy atom. The SMILES string of the molecule is COCCN(CC1CCCN1)S(=O)(=O)c1cc(Br)sc1Br. The summed E-state index contributed by atoms with van der Waals surface area (Å²) in [4.78, 5) is 0.313. The van der Waals surface area contributed by atoms with E-state index in [1.807, 2.05) is 0 Å². The zero-order valence-electron chi connectivity index (χ0n) is 11.6. The fourth-order valence-electron chi connectivity index (χ4n) is 2.30. The average molecular weight is 462 g/mol. The molecule has 9 heteroatoms. The van der Waals surface area contributed by atoms with E-state index in [1.165, 1.54) is 15.6 Å². The quantitative estimate of drug-likeness (QED) is 0.678. The van der Waals surface area contributed by atoms with Gasteiger partial charge in [0.15, 0.2) is 0 Å². The summed E-state index contributed by atoms with van der Waals surface area (Å²) in [5.41, 5.74) is 0. The van der Waals surface area contributed by atoms with Gasteiger partial charge in [-0.15, -0.1) is 11.3 Å². The summed E-state index contributed by atoms with van der Waals surface area (Å²) in [7, 11) is -1.94. The van der Waals surface area contributed by atoms with Crippen LogP contribution in [0.3, 0.4) is 0 Å². The van der Waals surface area contributed by atoms with Crippen LogP contribution >= 0.6 is 43.2 Å². The van der Waals surface area contributed by atoms with Crippen LogP contribution < -0.4 is 5.32 Å². The van der Waals surface area contributed by atoms with E-state index < -0.39 is 10.0 Å². The zero-order chi connectivity index (χ0) is 15.5.